The number of H-pyrrole nitrogens is 1. The summed E-state index contributed by atoms with van der Waals surface area (Å²) in [6.07, 6.45) is 0. The lowest BCUT2D eigenvalue weighted by molar-refractivity contribution is 0.494. The van der Waals surface area contributed by atoms with Gasteiger partial charge in [-0.2, -0.15) is 0 Å². The van der Waals surface area contributed by atoms with Crippen LogP contribution in [0.3, 0.4) is 0 Å². The van der Waals surface area contributed by atoms with Gasteiger partial charge in [0.2, 0.25) is 0 Å². The number of fused-ring (bicyclic) bond motifs is 1. The summed E-state index contributed by atoms with van der Waals surface area (Å²) in [5.41, 5.74) is 2.91. The number of aryl methyl sites for hydroxylation is 1. The van der Waals surface area contributed by atoms with E-state index in [1.165, 1.54) is 6.07 Å². The SMILES string of the molecule is Cc1nc2ccc(NC(C)c3cccc(F)c3F)cc2[nH]1. The van der Waals surface area contributed by atoms with Crippen molar-refractivity contribution < 1.29 is 8.78 Å². The molecule has 0 aliphatic carbocycles. The molecule has 0 saturated heterocycles. The second kappa shape index (κ2) is 5.16. The van der Waals surface area contributed by atoms with Crippen LogP contribution < -0.4 is 5.32 Å². The first-order chi connectivity index (χ1) is 10.0. The Labute approximate surface area is 121 Å². The Balaban J connectivity index is 1.88. The van der Waals surface area contributed by atoms with E-state index >= 15 is 0 Å². The summed E-state index contributed by atoms with van der Waals surface area (Å²) < 4.78 is 27.1. The van der Waals surface area contributed by atoms with Crippen LogP contribution in [0.4, 0.5) is 14.5 Å². The van der Waals surface area contributed by atoms with Crippen molar-refractivity contribution in [1.29, 1.82) is 0 Å². The highest BCUT2D eigenvalue weighted by Gasteiger charge is 2.14. The van der Waals surface area contributed by atoms with E-state index in [1.807, 2.05) is 25.1 Å². The molecule has 0 aliphatic heterocycles. The molecule has 0 amide bonds. The van der Waals surface area contributed by atoms with Crippen LogP contribution in [0.1, 0.15) is 24.4 Å². The third kappa shape index (κ3) is 2.59. The Bertz CT molecular complexity index is 795. The molecule has 0 fully saturated rings. The Hall–Kier alpha value is -2.43. The first-order valence-corrected chi connectivity index (χ1v) is 6.71. The maximum atomic E-state index is 13.8. The second-order valence-electron chi connectivity index (χ2n) is 5.06. The minimum atomic E-state index is -0.833. The van der Waals surface area contributed by atoms with Gasteiger partial charge in [0, 0.05) is 11.3 Å². The fraction of sp³-hybridized carbons (Fsp3) is 0.188. The van der Waals surface area contributed by atoms with Crippen molar-refractivity contribution in [3.8, 4) is 0 Å². The lowest BCUT2D eigenvalue weighted by Crippen LogP contribution is -2.09. The number of imidazole rings is 1. The van der Waals surface area contributed by atoms with E-state index in [4.69, 9.17) is 0 Å². The highest BCUT2D eigenvalue weighted by Crippen LogP contribution is 2.25. The molecule has 3 aromatic rings. The van der Waals surface area contributed by atoms with Gasteiger partial charge in [-0.1, -0.05) is 12.1 Å². The van der Waals surface area contributed by atoms with Crippen LogP contribution in [0.5, 0.6) is 0 Å². The summed E-state index contributed by atoms with van der Waals surface area (Å²) in [4.78, 5) is 7.47. The number of aromatic nitrogens is 2. The van der Waals surface area contributed by atoms with Crippen molar-refractivity contribution in [2.24, 2.45) is 0 Å². The maximum Gasteiger partial charge on any atom is 0.164 e. The average Bonchev–Trinajstić information content (AvgIpc) is 2.81. The summed E-state index contributed by atoms with van der Waals surface area (Å²) in [6.45, 7) is 3.68. The van der Waals surface area contributed by atoms with Crippen LogP contribution in [0.15, 0.2) is 36.4 Å². The third-order valence-electron chi connectivity index (χ3n) is 3.43. The molecule has 0 bridgehead atoms. The normalized spacial score (nSPS) is 12.6. The molecule has 5 heteroatoms. The van der Waals surface area contributed by atoms with Gasteiger partial charge in [-0.15, -0.1) is 0 Å². The summed E-state index contributed by atoms with van der Waals surface area (Å²) in [7, 11) is 0. The van der Waals surface area contributed by atoms with Crippen LogP contribution in [-0.4, -0.2) is 9.97 Å². The van der Waals surface area contributed by atoms with E-state index in [2.05, 4.69) is 15.3 Å². The fourth-order valence-corrected chi connectivity index (χ4v) is 2.41. The van der Waals surface area contributed by atoms with Crippen molar-refractivity contribution in [3.63, 3.8) is 0 Å². The molecular weight excluding hydrogens is 272 g/mol. The summed E-state index contributed by atoms with van der Waals surface area (Å²) in [6, 6.07) is 9.52. The molecule has 108 valence electrons. The minimum Gasteiger partial charge on any atom is -0.378 e. The molecule has 21 heavy (non-hydrogen) atoms. The number of hydrogen-bond donors (Lipinski definition) is 2. The Morgan fingerprint density at radius 1 is 1.19 bits per heavy atom. The Morgan fingerprint density at radius 2 is 2.00 bits per heavy atom. The number of halogens is 2. The van der Waals surface area contributed by atoms with E-state index in [0.717, 1.165) is 28.6 Å². The van der Waals surface area contributed by atoms with Crippen molar-refractivity contribution in [2.75, 3.05) is 5.32 Å². The topological polar surface area (TPSA) is 40.7 Å². The minimum absolute atomic E-state index is 0.302. The van der Waals surface area contributed by atoms with Gasteiger partial charge in [-0.05, 0) is 38.1 Å². The van der Waals surface area contributed by atoms with Gasteiger partial charge in [-0.3, -0.25) is 0 Å². The van der Waals surface area contributed by atoms with Crippen LogP contribution in [0.2, 0.25) is 0 Å². The van der Waals surface area contributed by atoms with Crippen LogP contribution in [0.25, 0.3) is 11.0 Å². The van der Waals surface area contributed by atoms with Crippen LogP contribution in [0, 0.1) is 18.6 Å². The smallest absolute Gasteiger partial charge is 0.164 e. The van der Waals surface area contributed by atoms with E-state index < -0.39 is 11.6 Å². The average molecular weight is 287 g/mol. The zero-order valence-corrected chi connectivity index (χ0v) is 11.7. The van der Waals surface area contributed by atoms with E-state index in [-0.39, 0.29) is 6.04 Å². The molecular formula is C16H15F2N3. The first kappa shape index (κ1) is 13.5. The predicted molar refractivity (Wildman–Crippen MR) is 79.2 cm³/mol. The lowest BCUT2D eigenvalue weighted by Gasteiger charge is -2.16. The standard InChI is InChI=1S/C16H15F2N3/c1-9(12-4-3-5-13(17)16(12)18)19-11-6-7-14-15(8-11)21-10(2)20-14/h3-9,19H,1-2H3,(H,20,21). The predicted octanol–water partition coefficient (Wildman–Crippen LogP) is 4.32. The highest BCUT2D eigenvalue weighted by molar-refractivity contribution is 5.79. The van der Waals surface area contributed by atoms with Gasteiger partial charge in [-0.25, -0.2) is 13.8 Å². The summed E-state index contributed by atoms with van der Waals surface area (Å²) >= 11 is 0. The third-order valence-corrected chi connectivity index (χ3v) is 3.43. The first-order valence-electron chi connectivity index (χ1n) is 6.71. The second-order valence-corrected chi connectivity index (χ2v) is 5.06. The van der Waals surface area contributed by atoms with Crippen molar-refractivity contribution in [2.45, 2.75) is 19.9 Å². The number of anilines is 1. The molecule has 0 aliphatic rings. The van der Waals surface area contributed by atoms with Crippen LogP contribution >= 0.6 is 0 Å². The molecule has 2 N–H and O–H groups in total. The molecule has 1 heterocycles. The van der Waals surface area contributed by atoms with Gasteiger partial charge < -0.3 is 10.3 Å². The summed E-state index contributed by atoms with van der Waals surface area (Å²) in [5.74, 6) is -0.803. The quantitative estimate of drug-likeness (QED) is 0.753. The Morgan fingerprint density at radius 3 is 2.81 bits per heavy atom. The molecule has 1 unspecified atom stereocenters. The van der Waals surface area contributed by atoms with E-state index in [0.29, 0.717) is 5.56 Å². The van der Waals surface area contributed by atoms with Gasteiger partial charge in [0.05, 0.1) is 17.1 Å². The fourth-order valence-electron chi connectivity index (χ4n) is 2.41. The lowest BCUT2D eigenvalue weighted by atomic mass is 10.1. The van der Waals surface area contributed by atoms with Crippen molar-refractivity contribution in [1.82, 2.24) is 9.97 Å². The number of rotatable bonds is 3. The number of aromatic amines is 1. The largest absolute Gasteiger partial charge is 0.378 e. The summed E-state index contributed by atoms with van der Waals surface area (Å²) in [5, 5.41) is 3.17. The monoisotopic (exact) mass is 287 g/mol. The molecule has 2 aromatic carbocycles. The molecule has 3 rings (SSSR count). The zero-order valence-electron chi connectivity index (χ0n) is 11.7. The van der Waals surface area contributed by atoms with Crippen LogP contribution in [-0.2, 0) is 0 Å². The number of nitrogens with zero attached hydrogens (tertiary/aromatic N) is 1. The molecule has 0 radical (unpaired) electrons. The van der Waals surface area contributed by atoms with E-state index in [1.54, 1.807) is 13.0 Å². The van der Waals surface area contributed by atoms with Crippen molar-refractivity contribution in [3.05, 3.63) is 59.4 Å². The van der Waals surface area contributed by atoms with Gasteiger partial charge in [0.1, 0.15) is 5.82 Å². The number of benzene rings is 2. The molecule has 0 saturated carbocycles. The molecule has 0 spiro atoms. The Kier molecular flexibility index (Phi) is 3.33. The maximum absolute atomic E-state index is 13.8. The highest BCUT2D eigenvalue weighted by atomic mass is 19.2. The van der Waals surface area contributed by atoms with Gasteiger partial charge in [0.15, 0.2) is 11.6 Å². The number of hydrogen-bond acceptors (Lipinski definition) is 2. The molecule has 3 nitrogen and oxygen atoms in total. The molecule has 1 aromatic heterocycles. The van der Waals surface area contributed by atoms with E-state index in [9.17, 15) is 8.78 Å². The van der Waals surface area contributed by atoms with Gasteiger partial charge >= 0.3 is 0 Å². The zero-order chi connectivity index (χ0) is 15.0. The van der Waals surface area contributed by atoms with Crippen molar-refractivity contribution >= 4 is 16.7 Å². The number of nitrogens with one attached hydrogen (secondary N) is 2. The van der Waals surface area contributed by atoms with Gasteiger partial charge in [0.25, 0.3) is 0 Å². The molecule has 1 atom stereocenters.